The highest BCUT2D eigenvalue weighted by Crippen LogP contribution is 1.99. The van der Waals surface area contributed by atoms with Gasteiger partial charge < -0.3 is 10.6 Å². The van der Waals surface area contributed by atoms with Crippen molar-refractivity contribution in [3.63, 3.8) is 0 Å². The second-order valence-electron chi connectivity index (χ2n) is 3.20. The van der Waals surface area contributed by atoms with Crippen molar-refractivity contribution < 1.29 is 4.79 Å². The average molecular weight is 196 g/mol. The lowest BCUT2D eigenvalue weighted by atomic mass is 10.2. The first-order chi connectivity index (χ1) is 6.67. The fourth-order valence-electron chi connectivity index (χ4n) is 1.23. The third kappa shape index (κ3) is 4.23. The summed E-state index contributed by atoms with van der Waals surface area (Å²) in [7, 11) is 0. The minimum Gasteiger partial charge on any atom is -0.338 e. The van der Waals surface area contributed by atoms with Crippen molar-refractivity contribution in [2.75, 3.05) is 13.1 Å². The number of hydrogen-bond acceptors (Lipinski definition) is 2. The van der Waals surface area contributed by atoms with Crippen molar-refractivity contribution >= 4 is 5.91 Å². The topological polar surface area (TPSA) is 46.3 Å². The molecule has 0 bridgehead atoms. The minimum atomic E-state index is -0.459. The summed E-state index contributed by atoms with van der Waals surface area (Å²) in [6.45, 7) is 10.5. The van der Waals surface area contributed by atoms with E-state index >= 15 is 0 Å². The summed E-state index contributed by atoms with van der Waals surface area (Å²) in [5, 5.41) is 0. The summed E-state index contributed by atoms with van der Waals surface area (Å²) in [5.41, 5.74) is 5.69. The monoisotopic (exact) mass is 196 g/mol. The van der Waals surface area contributed by atoms with Crippen molar-refractivity contribution in [3.8, 4) is 0 Å². The second-order valence-corrected chi connectivity index (χ2v) is 3.20. The molecule has 0 saturated heterocycles. The molecule has 0 saturated carbocycles. The van der Waals surface area contributed by atoms with Gasteiger partial charge in [0, 0.05) is 13.1 Å². The third-order valence-corrected chi connectivity index (χ3v) is 1.89. The number of amides is 1. The van der Waals surface area contributed by atoms with Gasteiger partial charge in [-0.25, -0.2) is 0 Å². The molecular formula is C11H20N2O. The van der Waals surface area contributed by atoms with Gasteiger partial charge in [0.15, 0.2) is 0 Å². The van der Waals surface area contributed by atoms with Crippen LogP contribution in [-0.2, 0) is 4.79 Å². The zero-order valence-electron chi connectivity index (χ0n) is 8.91. The third-order valence-electron chi connectivity index (χ3n) is 1.89. The molecule has 0 aliphatic rings. The van der Waals surface area contributed by atoms with Crippen molar-refractivity contribution in [3.05, 3.63) is 25.3 Å². The van der Waals surface area contributed by atoms with E-state index in [4.69, 9.17) is 5.73 Å². The van der Waals surface area contributed by atoms with E-state index in [1.165, 1.54) is 0 Å². The number of rotatable bonds is 7. The van der Waals surface area contributed by atoms with Crippen LogP contribution in [0, 0.1) is 0 Å². The van der Waals surface area contributed by atoms with Gasteiger partial charge in [0.25, 0.3) is 0 Å². The van der Waals surface area contributed by atoms with Gasteiger partial charge in [-0.3, -0.25) is 4.79 Å². The van der Waals surface area contributed by atoms with Crippen LogP contribution in [0.15, 0.2) is 25.3 Å². The summed E-state index contributed by atoms with van der Waals surface area (Å²) in [6.07, 6.45) is 4.84. The van der Waals surface area contributed by atoms with Crippen LogP contribution in [0.5, 0.6) is 0 Å². The highest BCUT2D eigenvalue weighted by Gasteiger charge is 2.17. The van der Waals surface area contributed by atoms with Gasteiger partial charge in [0.1, 0.15) is 0 Å². The molecule has 0 aromatic heterocycles. The zero-order chi connectivity index (χ0) is 11.0. The Kier molecular flexibility index (Phi) is 6.76. The number of carbonyl (C=O) groups excluding carboxylic acids is 1. The molecule has 80 valence electrons. The van der Waals surface area contributed by atoms with Gasteiger partial charge in [-0.05, 0) is 12.8 Å². The van der Waals surface area contributed by atoms with E-state index in [9.17, 15) is 4.79 Å². The summed E-state index contributed by atoms with van der Waals surface area (Å²) >= 11 is 0. The molecule has 3 nitrogen and oxygen atoms in total. The van der Waals surface area contributed by atoms with Crippen molar-refractivity contribution in [2.24, 2.45) is 5.73 Å². The van der Waals surface area contributed by atoms with E-state index in [2.05, 4.69) is 13.2 Å². The van der Waals surface area contributed by atoms with Crippen molar-refractivity contribution in [1.82, 2.24) is 4.90 Å². The molecule has 2 N–H and O–H groups in total. The van der Waals surface area contributed by atoms with Gasteiger partial charge >= 0.3 is 0 Å². The van der Waals surface area contributed by atoms with Crippen molar-refractivity contribution in [2.45, 2.75) is 25.8 Å². The summed E-state index contributed by atoms with van der Waals surface area (Å²) in [4.78, 5) is 13.4. The number of carbonyl (C=O) groups is 1. The van der Waals surface area contributed by atoms with Crippen molar-refractivity contribution in [1.29, 1.82) is 0 Å². The molecule has 0 aromatic carbocycles. The molecule has 0 aliphatic heterocycles. The van der Waals surface area contributed by atoms with Gasteiger partial charge in [0.05, 0.1) is 6.04 Å². The van der Waals surface area contributed by atoms with E-state index in [1.54, 1.807) is 17.1 Å². The maximum absolute atomic E-state index is 11.7. The Bertz CT molecular complexity index is 201. The Labute approximate surface area is 86.3 Å². The molecule has 0 spiro atoms. The lowest BCUT2D eigenvalue weighted by molar-refractivity contribution is -0.132. The van der Waals surface area contributed by atoms with E-state index in [1.807, 2.05) is 6.92 Å². The van der Waals surface area contributed by atoms with Crippen LogP contribution in [0.3, 0.4) is 0 Å². The predicted molar refractivity (Wildman–Crippen MR) is 59.9 cm³/mol. The Morgan fingerprint density at radius 3 is 2.57 bits per heavy atom. The Morgan fingerprint density at radius 2 is 2.14 bits per heavy atom. The second kappa shape index (κ2) is 7.33. The molecule has 1 amide bonds. The predicted octanol–water partition coefficient (Wildman–Crippen LogP) is 1.31. The van der Waals surface area contributed by atoms with E-state index < -0.39 is 6.04 Å². The normalized spacial score (nSPS) is 11.9. The molecule has 0 radical (unpaired) electrons. The van der Waals surface area contributed by atoms with E-state index in [0.29, 0.717) is 13.0 Å². The SMILES string of the molecule is C=CCC(N)C(=O)N(CC=C)CCC. The molecule has 0 aromatic rings. The average Bonchev–Trinajstić information content (AvgIpc) is 2.17. The summed E-state index contributed by atoms with van der Waals surface area (Å²) in [6, 6.07) is -0.459. The molecule has 0 fully saturated rings. The van der Waals surface area contributed by atoms with Gasteiger partial charge in [0.2, 0.25) is 5.91 Å². The Balaban J connectivity index is 4.24. The number of hydrogen-bond donors (Lipinski definition) is 1. The molecule has 1 unspecified atom stereocenters. The maximum Gasteiger partial charge on any atom is 0.240 e. The van der Waals surface area contributed by atoms with E-state index in [0.717, 1.165) is 13.0 Å². The summed E-state index contributed by atoms with van der Waals surface area (Å²) in [5.74, 6) is -0.0216. The molecule has 1 atom stereocenters. The molecule has 14 heavy (non-hydrogen) atoms. The summed E-state index contributed by atoms with van der Waals surface area (Å²) < 4.78 is 0. The standard InChI is InChI=1S/C11H20N2O/c1-4-7-10(12)11(14)13(8-5-2)9-6-3/h4-5,10H,1-2,6-9,12H2,3H3. The van der Waals surface area contributed by atoms with Crippen LogP contribution in [0.25, 0.3) is 0 Å². The lowest BCUT2D eigenvalue weighted by Crippen LogP contribution is -2.43. The molecular weight excluding hydrogens is 176 g/mol. The first kappa shape index (κ1) is 12.9. The first-order valence-electron chi connectivity index (χ1n) is 4.93. The van der Waals surface area contributed by atoms with Crippen LogP contribution in [-0.4, -0.2) is 29.9 Å². The number of nitrogens with two attached hydrogens (primary N) is 1. The fourth-order valence-corrected chi connectivity index (χ4v) is 1.23. The smallest absolute Gasteiger partial charge is 0.240 e. The highest BCUT2D eigenvalue weighted by molar-refractivity contribution is 5.81. The first-order valence-corrected chi connectivity index (χ1v) is 4.93. The highest BCUT2D eigenvalue weighted by atomic mass is 16.2. The largest absolute Gasteiger partial charge is 0.338 e. The fraction of sp³-hybridized carbons (Fsp3) is 0.545. The zero-order valence-corrected chi connectivity index (χ0v) is 8.91. The molecule has 0 rings (SSSR count). The van der Waals surface area contributed by atoms with Crippen LogP contribution >= 0.6 is 0 Å². The van der Waals surface area contributed by atoms with Crippen LogP contribution < -0.4 is 5.73 Å². The minimum absolute atomic E-state index is 0.0216. The van der Waals surface area contributed by atoms with E-state index in [-0.39, 0.29) is 5.91 Å². The van der Waals surface area contributed by atoms with Gasteiger partial charge in [-0.15, -0.1) is 13.2 Å². The van der Waals surface area contributed by atoms with Crippen LogP contribution in [0.2, 0.25) is 0 Å². The van der Waals surface area contributed by atoms with Gasteiger partial charge in [-0.1, -0.05) is 19.1 Å². The molecule has 3 heteroatoms. The lowest BCUT2D eigenvalue weighted by Gasteiger charge is -2.23. The van der Waals surface area contributed by atoms with Crippen LogP contribution in [0.4, 0.5) is 0 Å². The quantitative estimate of drug-likeness (QED) is 0.624. The Hall–Kier alpha value is -1.09. The van der Waals surface area contributed by atoms with Crippen LogP contribution in [0.1, 0.15) is 19.8 Å². The Morgan fingerprint density at radius 1 is 1.50 bits per heavy atom. The van der Waals surface area contributed by atoms with Gasteiger partial charge in [-0.2, -0.15) is 0 Å². The number of nitrogens with zero attached hydrogens (tertiary/aromatic N) is 1. The maximum atomic E-state index is 11.7. The molecule has 0 aliphatic carbocycles. The molecule has 0 heterocycles.